The molecule has 1 aliphatic carbocycles. The van der Waals surface area contributed by atoms with Gasteiger partial charge in [0.1, 0.15) is 0 Å². The Balaban J connectivity index is 0.000000352. The first-order valence-corrected chi connectivity index (χ1v) is 9.60. The number of rotatable bonds is 5. The van der Waals surface area contributed by atoms with Crippen LogP contribution in [0.4, 0.5) is 0 Å². The molecule has 0 saturated carbocycles. The van der Waals surface area contributed by atoms with E-state index in [9.17, 15) is 0 Å². The largest absolute Gasteiger partial charge is 0.473 e. The molecule has 2 aromatic rings. The number of aliphatic carboxylic acids is 2. The van der Waals surface area contributed by atoms with Crippen molar-refractivity contribution < 1.29 is 19.8 Å². The summed E-state index contributed by atoms with van der Waals surface area (Å²) in [6, 6.07) is 13.1. The number of nitrogens with zero attached hydrogens (tertiary/aromatic N) is 1. The smallest absolute Gasteiger partial charge is 0.414 e. The maximum absolute atomic E-state index is 9.10. The summed E-state index contributed by atoms with van der Waals surface area (Å²) in [4.78, 5) is 22.3. The summed E-state index contributed by atoms with van der Waals surface area (Å²) in [5.74, 6) is -2.85. The van der Waals surface area contributed by atoms with Gasteiger partial charge in [-0.15, -0.1) is 11.3 Å². The summed E-state index contributed by atoms with van der Waals surface area (Å²) in [6.07, 6.45) is 5.36. The summed E-state index contributed by atoms with van der Waals surface area (Å²) in [5, 5.41) is 17.1. The highest BCUT2D eigenvalue weighted by Gasteiger charge is 2.21. The van der Waals surface area contributed by atoms with Gasteiger partial charge in [0.25, 0.3) is 0 Å². The number of carbonyl (C=O) groups is 2. The van der Waals surface area contributed by atoms with Gasteiger partial charge in [0.05, 0.1) is 0 Å². The van der Waals surface area contributed by atoms with Gasteiger partial charge in [-0.25, -0.2) is 9.59 Å². The van der Waals surface area contributed by atoms with Crippen LogP contribution in [0.1, 0.15) is 41.2 Å². The number of aryl methyl sites for hydroxylation is 1. The van der Waals surface area contributed by atoms with E-state index in [1.165, 1.54) is 37.8 Å². The van der Waals surface area contributed by atoms with Crippen LogP contribution in [0, 0.1) is 0 Å². The minimum absolute atomic E-state index is 0.795. The van der Waals surface area contributed by atoms with E-state index in [2.05, 4.69) is 53.7 Å². The molecular weight excluding hydrogens is 350 g/mol. The van der Waals surface area contributed by atoms with E-state index in [1.807, 2.05) is 11.3 Å². The van der Waals surface area contributed by atoms with Gasteiger partial charge in [0, 0.05) is 11.4 Å². The van der Waals surface area contributed by atoms with Gasteiger partial charge in [0.2, 0.25) is 0 Å². The molecule has 0 amide bonds. The topological polar surface area (TPSA) is 77.8 Å². The highest BCUT2D eigenvalue weighted by molar-refractivity contribution is 7.10. The van der Waals surface area contributed by atoms with E-state index in [4.69, 9.17) is 19.8 Å². The first-order chi connectivity index (χ1) is 12.5. The Morgan fingerprint density at radius 1 is 1.15 bits per heavy atom. The number of thiophene rings is 1. The Morgan fingerprint density at radius 2 is 1.85 bits per heavy atom. The molecule has 26 heavy (non-hydrogen) atoms. The molecule has 1 aromatic carbocycles. The third-order valence-corrected chi connectivity index (χ3v) is 5.51. The lowest BCUT2D eigenvalue weighted by atomic mass is 9.85. The zero-order valence-electron chi connectivity index (χ0n) is 14.9. The fourth-order valence-corrected chi connectivity index (χ4v) is 4.24. The van der Waals surface area contributed by atoms with E-state index in [-0.39, 0.29) is 0 Å². The van der Waals surface area contributed by atoms with Crippen LogP contribution in [0.2, 0.25) is 0 Å². The number of benzene rings is 1. The van der Waals surface area contributed by atoms with Crippen LogP contribution >= 0.6 is 11.3 Å². The van der Waals surface area contributed by atoms with Gasteiger partial charge in [-0.3, -0.25) is 0 Å². The van der Waals surface area contributed by atoms with Crippen molar-refractivity contribution in [1.82, 2.24) is 4.90 Å². The quantitative estimate of drug-likeness (QED) is 0.776. The average Bonchev–Trinajstić information content (AvgIpc) is 3.10. The second kappa shape index (κ2) is 10.1. The zero-order valence-corrected chi connectivity index (χ0v) is 15.7. The number of hydrogen-bond donors (Lipinski definition) is 2. The van der Waals surface area contributed by atoms with Gasteiger partial charge in [0.15, 0.2) is 0 Å². The summed E-state index contributed by atoms with van der Waals surface area (Å²) in [7, 11) is 2.24. The van der Waals surface area contributed by atoms with Crippen molar-refractivity contribution in [2.24, 2.45) is 0 Å². The summed E-state index contributed by atoms with van der Waals surface area (Å²) in [5.41, 5.74) is 3.06. The van der Waals surface area contributed by atoms with Crippen LogP contribution < -0.4 is 0 Å². The fraction of sp³-hybridized carbons (Fsp3) is 0.400. The average molecular weight is 375 g/mol. The highest BCUT2D eigenvalue weighted by Crippen LogP contribution is 2.36. The number of hydrogen-bond acceptors (Lipinski definition) is 4. The van der Waals surface area contributed by atoms with Crippen LogP contribution in [0.5, 0.6) is 0 Å². The lowest BCUT2D eigenvalue weighted by Gasteiger charge is -2.25. The van der Waals surface area contributed by atoms with Gasteiger partial charge < -0.3 is 15.1 Å². The molecule has 1 unspecified atom stereocenters. The number of carboxylic acid groups (broad SMARTS) is 2. The second-order valence-corrected chi connectivity index (χ2v) is 7.51. The Bertz CT molecular complexity index is 702. The van der Waals surface area contributed by atoms with Crippen molar-refractivity contribution in [2.45, 2.75) is 38.1 Å². The molecule has 1 aromatic heterocycles. The molecule has 1 heterocycles. The second-order valence-electron chi connectivity index (χ2n) is 6.51. The van der Waals surface area contributed by atoms with Crippen molar-refractivity contribution in [2.75, 3.05) is 13.6 Å². The summed E-state index contributed by atoms with van der Waals surface area (Å²) in [6.45, 7) is 2.25. The number of carboxylic acids is 2. The Labute approximate surface area is 157 Å². The number of fused-ring (bicyclic) bond motifs is 1. The first kappa shape index (κ1) is 20.1. The molecule has 2 N–H and O–H groups in total. The lowest BCUT2D eigenvalue weighted by molar-refractivity contribution is -0.159. The van der Waals surface area contributed by atoms with Crippen molar-refractivity contribution in [3.8, 4) is 0 Å². The van der Waals surface area contributed by atoms with E-state index in [1.54, 1.807) is 10.4 Å². The van der Waals surface area contributed by atoms with Crippen LogP contribution in [-0.2, 0) is 22.6 Å². The molecular formula is C20H25NO4S. The highest BCUT2D eigenvalue weighted by atomic mass is 32.1. The molecule has 140 valence electrons. The monoisotopic (exact) mass is 375 g/mol. The maximum Gasteiger partial charge on any atom is 0.414 e. The van der Waals surface area contributed by atoms with Gasteiger partial charge in [-0.05, 0) is 67.8 Å². The molecule has 0 bridgehead atoms. The van der Waals surface area contributed by atoms with Gasteiger partial charge in [-0.1, -0.05) is 30.3 Å². The first-order valence-electron chi connectivity index (χ1n) is 8.72. The van der Waals surface area contributed by atoms with Crippen molar-refractivity contribution in [3.63, 3.8) is 0 Å². The minimum Gasteiger partial charge on any atom is -0.473 e. The molecule has 6 heteroatoms. The molecule has 0 spiro atoms. The SMILES string of the molecule is CN(CCC1CCCc2sccc21)Cc1ccccc1.O=C(O)C(=O)O. The van der Waals surface area contributed by atoms with Crippen LogP contribution in [0.3, 0.4) is 0 Å². The molecule has 1 aliphatic rings. The third-order valence-electron chi connectivity index (χ3n) is 4.51. The molecule has 0 radical (unpaired) electrons. The van der Waals surface area contributed by atoms with Crippen LogP contribution in [0.25, 0.3) is 0 Å². The van der Waals surface area contributed by atoms with Crippen LogP contribution in [0.15, 0.2) is 41.8 Å². The third kappa shape index (κ3) is 6.28. The predicted octanol–water partition coefficient (Wildman–Crippen LogP) is 3.85. The molecule has 1 atom stereocenters. The van der Waals surface area contributed by atoms with E-state index >= 15 is 0 Å². The van der Waals surface area contributed by atoms with E-state index in [0.29, 0.717) is 0 Å². The standard InChI is InChI=1S/C18H23NS.C2H2O4/c1-19(14-15-6-3-2-4-7-15)12-10-16-8-5-9-18-17(16)11-13-20-18;3-1(4)2(5)6/h2-4,6-7,11,13,16H,5,8-10,12,14H2,1H3;(H,3,4)(H,5,6). The fourth-order valence-electron chi connectivity index (χ4n) is 3.23. The maximum atomic E-state index is 9.10. The van der Waals surface area contributed by atoms with Crippen molar-refractivity contribution >= 4 is 23.3 Å². The molecule has 5 nitrogen and oxygen atoms in total. The molecule has 0 saturated heterocycles. The van der Waals surface area contributed by atoms with Gasteiger partial charge in [-0.2, -0.15) is 0 Å². The normalized spacial score (nSPS) is 15.7. The summed E-state index contributed by atoms with van der Waals surface area (Å²) < 4.78 is 0. The summed E-state index contributed by atoms with van der Waals surface area (Å²) >= 11 is 1.95. The van der Waals surface area contributed by atoms with Gasteiger partial charge >= 0.3 is 11.9 Å². The Hall–Kier alpha value is -2.18. The minimum atomic E-state index is -1.82. The lowest BCUT2D eigenvalue weighted by Crippen LogP contribution is -2.21. The van der Waals surface area contributed by atoms with Crippen molar-refractivity contribution in [3.05, 3.63) is 57.8 Å². The van der Waals surface area contributed by atoms with E-state index in [0.717, 1.165) is 12.5 Å². The predicted molar refractivity (Wildman–Crippen MR) is 103 cm³/mol. The zero-order chi connectivity index (χ0) is 18.9. The van der Waals surface area contributed by atoms with E-state index < -0.39 is 11.9 Å². The van der Waals surface area contributed by atoms with Crippen LogP contribution in [-0.4, -0.2) is 40.6 Å². The molecule has 0 fully saturated rings. The molecule has 3 rings (SSSR count). The van der Waals surface area contributed by atoms with Crippen molar-refractivity contribution in [1.29, 1.82) is 0 Å². The Kier molecular flexibility index (Phi) is 7.81. The Morgan fingerprint density at radius 3 is 2.50 bits per heavy atom. The molecule has 0 aliphatic heterocycles.